The molecule has 2 rings (SSSR count). The van der Waals surface area contributed by atoms with E-state index < -0.39 is 0 Å². The second-order valence-corrected chi connectivity index (χ2v) is 5.05. The van der Waals surface area contributed by atoms with Crippen LogP contribution in [0.25, 0.3) is 0 Å². The molecule has 3 nitrogen and oxygen atoms in total. The van der Waals surface area contributed by atoms with Gasteiger partial charge in [-0.2, -0.15) is 0 Å². The zero-order valence-electron chi connectivity index (χ0n) is 9.74. The number of phenols is 1. The van der Waals surface area contributed by atoms with Gasteiger partial charge < -0.3 is 10.4 Å². The highest BCUT2D eigenvalue weighted by Crippen LogP contribution is 2.30. The average Bonchev–Trinajstić information content (AvgIpc) is 2.13. The molecule has 0 radical (unpaired) electrons. The van der Waals surface area contributed by atoms with Crippen molar-refractivity contribution in [2.45, 2.75) is 32.2 Å². The summed E-state index contributed by atoms with van der Waals surface area (Å²) in [6.45, 7) is 2.01. The summed E-state index contributed by atoms with van der Waals surface area (Å²) in [4.78, 5) is 11.9. The van der Waals surface area contributed by atoms with E-state index in [0.29, 0.717) is 10.9 Å². The van der Waals surface area contributed by atoms with E-state index in [0.717, 1.165) is 0 Å². The first-order valence-corrected chi connectivity index (χ1v) is 6.25. The van der Waals surface area contributed by atoms with Crippen molar-refractivity contribution >= 4 is 17.5 Å². The molecule has 1 unspecified atom stereocenters. The molecule has 0 saturated heterocycles. The Hall–Kier alpha value is -1.22. The molecule has 0 aliphatic heterocycles. The van der Waals surface area contributed by atoms with Crippen LogP contribution in [0.1, 0.15) is 36.5 Å². The van der Waals surface area contributed by atoms with E-state index in [9.17, 15) is 9.90 Å². The third kappa shape index (κ3) is 2.72. The predicted molar refractivity (Wildman–Crippen MR) is 67.4 cm³/mol. The van der Waals surface area contributed by atoms with E-state index in [-0.39, 0.29) is 23.3 Å². The van der Waals surface area contributed by atoms with Crippen LogP contribution < -0.4 is 5.32 Å². The van der Waals surface area contributed by atoms with Gasteiger partial charge in [-0.05, 0) is 43.9 Å². The normalized spacial score (nSPS) is 17.3. The first kappa shape index (κ1) is 12.2. The number of benzene rings is 1. The van der Waals surface area contributed by atoms with Crippen molar-refractivity contribution < 1.29 is 9.90 Å². The fraction of sp³-hybridized carbons (Fsp3) is 0.462. The molecule has 1 aliphatic carbocycles. The summed E-state index contributed by atoms with van der Waals surface area (Å²) in [5, 5.41) is 13.0. The van der Waals surface area contributed by atoms with Crippen LogP contribution in [0.2, 0.25) is 5.02 Å². The van der Waals surface area contributed by atoms with Crippen LogP contribution >= 0.6 is 11.6 Å². The summed E-state index contributed by atoms with van der Waals surface area (Å²) in [7, 11) is 0. The standard InChI is InChI=1S/C13H16ClNO2/c1-8(9-3-2-4-9)15-13(17)11-6-5-10(14)7-12(11)16/h5-9,16H,2-4H2,1H3,(H,15,17). The van der Waals surface area contributed by atoms with Gasteiger partial charge in [0.05, 0.1) is 5.56 Å². The first-order chi connectivity index (χ1) is 8.08. The number of carbonyl (C=O) groups is 1. The van der Waals surface area contributed by atoms with Gasteiger partial charge in [0, 0.05) is 11.1 Å². The quantitative estimate of drug-likeness (QED) is 0.870. The number of aromatic hydroxyl groups is 1. The Labute approximate surface area is 106 Å². The summed E-state index contributed by atoms with van der Waals surface area (Å²) in [5.41, 5.74) is 0.278. The molecule has 1 aliphatic rings. The number of rotatable bonds is 3. The zero-order valence-corrected chi connectivity index (χ0v) is 10.5. The maximum atomic E-state index is 11.9. The molecule has 2 N–H and O–H groups in total. The second kappa shape index (κ2) is 4.96. The van der Waals surface area contributed by atoms with Gasteiger partial charge in [-0.15, -0.1) is 0 Å². The highest BCUT2D eigenvalue weighted by atomic mass is 35.5. The van der Waals surface area contributed by atoms with E-state index in [2.05, 4.69) is 5.32 Å². The Bertz CT molecular complexity index is 429. The van der Waals surface area contributed by atoms with Crippen LogP contribution in [0.5, 0.6) is 5.75 Å². The summed E-state index contributed by atoms with van der Waals surface area (Å²) in [6, 6.07) is 4.68. The van der Waals surface area contributed by atoms with E-state index >= 15 is 0 Å². The summed E-state index contributed by atoms with van der Waals surface area (Å²) in [6.07, 6.45) is 3.60. The number of hydrogen-bond acceptors (Lipinski definition) is 2. The van der Waals surface area contributed by atoms with E-state index in [1.165, 1.54) is 25.3 Å². The maximum Gasteiger partial charge on any atom is 0.255 e. The molecular weight excluding hydrogens is 238 g/mol. The topological polar surface area (TPSA) is 49.3 Å². The van der Waals surface area contributed by atoms with Crippen LogP contribution in [0.4, 0.5) is 0 Å². The molecule has 4 heteroatoms. The maximum absolute atomic E-state index is 11.9. The molecule has 1 atom stereocenters. The van der Waals surface area contributed by atoms with Crippen molar-refractivity contribution in [1.82, 2.24) is 5.32 Å². The zero-order chi connectivity index (χ0) is 12.4. The largest absolute Gasteiger partial charge is 0.507 e. The van der Waals surface area contributed by atoms with Crippen LogP contribution in [-0.2, 0) is 0 Å². The lowest BCUT2D eigenvalue weighted by Gasteiger charge is -2.31. The summed E-state index contributed by atoms with van der Waals surface area (Å²) < 4.78 is 0. The molecule has 1 aromatic carbocycles. The van der Waals surface area contributed by atoms with Gasteiger partial charge in [0.15, 0.2) is 0 Å². The molecule has 1 fully saturated rings. The number of nitrogens with one attached hydrogen (secondary N) is 1. The number of hydrogen-bond donors (Lipinski definition) is 2. The average molecular weight is 254 g/mol. The third-order valence-corrected chi connectivity index (χ3v) is 3.66. The van der Waals surface area contributed by atoms with Crippen LogP contribution in [0, 0.1) is 5.92 Å². The second-order valence-electron chi connectivity index (χ2n) is 4.61. The number of amides is 1. The van der Waals surface area contributed by atoms with Gasteiger partial charge in [-0.25, -0.2) is 0 Å². The van der Waals surface area contributed by atoms with Crippen molar-refractivity contribution in [3.8, 4) is 5.75 Å². The predicted octanol–water partition coefficient (Wildman–Crippen LogP) is 2.96. The fourth-order valence-electron chi connectivity index (χ4n) is 2.04. The van der Waals surface area contributed by atoms with Gasteiger partial charge in [-0.1, -0.05) is 18.0 Å². The molecule has 0 heterocycles. The lowest BCUT2D eigenvalue weighted by molar-refractivity contribution is 0.0906. The van der Waals surface area contributed by atoms with Crippen molar-refractivity contribution in [2.24, 2.45) is 5.92 Å². The minimum atomic E-state index is -0.237. The number of halogens is 1. The molecular formula is C13H16ClNO2. The molecule has 0 bridgehead atoms. The van der Waals surface area contributed by atoms with Crippen molar-refractivity contribution in [3.05, 3.63) is 28.8 Å². The minimum absolute atomic E-state index is 0.0733. The Kier molecular flexibility index (Phi) is 3.57. The molecule has 92 valence electrons. The Morgan fingerprint density at radius 1 is 1.53 bits per heavy atom. The SMILES string of the molecule is CC(NC(=O)c1ccc(Cl)cc1O)C1CCC1. The van der Waals surface area contributed by atoms with Crippen molar-refractivity contribution in [1.29, 1.82) is 0 Å². The smallest absolute Gasteiger partial charge is 0.255 e. The molecule has 0 spiro atoms. The fourth-order valence-corrected chi connectivity index (χ4v) is 2.21. The lowest BCUT2D eigenvalue weighted by Crippen LogP contribution is -2.40. The number of carbonyl (C=O) groups excluding carboxylic acids is 1. The van der Waals surface area contributed by atoms with Gasteiger partial charge in [0.25, 0.3) is 5.91 Å². The minimum Gasteiger partial charge on any atom is -0.507 e. The van der Waals surface area contributed by atoms with Crippen LogP contribution in [-0.4, -0.2) is 17.1 Å². The summed E-state index contributed by atoms with van der Waals surface area (Å²) in [5.74, 6) is 0.266. The highest BCUT2D eigenvalue weighted by molar-refractivity contribution is 6.30. The van der Waals surface area contributed by atoms with Crippen LogP contribution in [0.15, 0.2) is 18.2 Å². The summed E-state index contributed by atoms with van der Waals surface area (Å²) >= 11 is 5.72. The number of phenolic OH excluding ortho intramolecular Hbond substituents is 1. The van der Waals surface area contributed by atoms with Crippen molar-refractivity contribution in [3.63, 3.8) is 0 Å². The molecule has 1 aromatic rings. The van der Waals surface area contributed by atoms with E-state index in [4.69, 9.17) is 11.6 Å². The highest BCUT2D eigenvalue weighted by Gasteiger charge is 2.25. The van der Waals surface area contributed by atoms with Gasteiger partial charge in [0.1, 0.15) is 5.75 Å². The molecule has 1 amide bonds. The monoisotopic (exact) mass is 253 g/mol. The Morgan fingerprint density at radius 3 is 2.76 bits per heavy atom. The van der Waals surface area contributed by atoms with Crippen LogP contribution in [0.3, 0.4) is 0 Å². The van der Waals surface area contributed by atoms with E-state index in [1.54, 1.807) is 12.1 Å². The van der Waals surface area contributed by atoms with Gasteiger partial charge >= 0.3 is 0 Å². The van der Waals surface area contributed by atoms with E-state index in [1.807, 2.05) is 6.92 Å². The first-order valence-electron chi connectivity index (χ1n) is 5.87. The lowest BCUT2D eigenvalue weighted by atomic mass is 9.80. The Balaban J connectivity index is 2.03. The Morgan fingerprint density at radius 2 is 2.24 bits per heavy atom. The molecule has 17 heavy (non-hydrogen) atoms. The third-order valence-electron chi connectivity index (χ3n) is 3.42. The van der Waals surface area contributed by atoms with Crippen molar-refractivity contribution in [2.75, 3.05) is 0 Å². The van der Waals surface area contributed by atoms with Gasteiger partial charge in [-0.3, -0.25) is 4.79 Å². The molecule has 1 saturated carbocycles. The van der Waals surface area contributed by atoms with Gasteiger partial charge in [0.2, 0.25) is 0 Å². The molecule has 0 aromatic heterocycles.